The van der Waals surface area contributed by atoms with Crippen molar-refractivity contribution in [3.8, 4) is 5.75 Å². The Kier molecular flexibility index (Phi) is 4.53. The van der Waals surface area contributed by atoms with Crippen LogP contribution < -0.4 is 4.74 Å². The van der Waals surface area contributed by atoms with Crippen molar-refractivity contribution in [1.82, 2.24) is 4.90 Å². The number of hydrogen-bond acceptors (Lipinski definition) is 3. The average Bonchev–Trinajstić information content (AvgIpc) is 3.03. The van der Waals surface area contributed by atoms with Crippen LogP contribution in [0.1, 0.15) is 36.0 Å². The van der Waals surface area contributed by atoms with Crippen molar-refractivity contribution >= 4 is 5.91 Å². The van der Waals surface area contributed by atoms with Crippen LogP contribution in [0.2, 0.25) is 0 Å². The summed E-state index contributed by atoms with van der Waals surface area (Å²) in [7, 11) is 1.79. The number of benzene rings is 1. The zero-order valence-electron chi connectivity index (χ0n) is 13.0. The molecule has 2 saturated carbocycles. The molecule has 4 atom stereocenters. The minimum atomic E-state index is -2.87. The largest absolute Gasteiger partial charge is 0.435 e. The van der Waals surface area contributed by atoms with Gasteiger partial charge in [-0.05, 0) is 61.8 Å². The predicted molar refractivity (Wildman–Crippen MR) is 80.4 cm³/mol. The summed E-state index contributed by atoms with van der Waals surface area (Å²) >= 11 is 0. The number of aliphatic hydroxyl groups is 1. The lowest BCUT2D eigenvalue weighted by Gasteiger charge is -2.25. The fourth-order valence-corrected chi connectivity index (χ4v) is 4.02. The van der Waals surface area contributed by atoms with E-state index >= 15 is 0 Å². The van der Waals surface area contributed by atoms with Gasteiger partial charge in [-0.15, -0.1) is 0 Å². The second-order valence-corrected chi connectivity index (χ2v) is 6.59. The Morgan fingerprint density at radius 2 is 1.74 bits per heavy atom. The van der Waals surface area contributed by atoms with Crippen molar-refractivity contribution in [2.24, 2.45) is 11.8 Å². The highest BCUT2D eigenvalue weighted by Crippen LogP contribution is 2.45. The third-order valence-corrected chi connectivity index (χ3v) is 5.16. The molecule has 0 saturated heterocycles. The van der Waals surface area contributed by atoms with E-state index in [0.717, 1.165) is 25.7 Å². The van der Waals surface area contributed by atoms with Gasteiger partial charge in [0.1, 0.15) is 5.75 Å². The number of amides is 1. The van der Waals surface area contributed by atoms with Crippen molar-refractivity contribution in [3.63, 3.8) is 0 Å². The summed E-state index contributed by atoms with van der Waals surface area (Å²) in [6, 6.07) is 5.97. The molecule has 2 aliphatic carbocycles. The SMILES string of the molecule is CN(C(=O)c1ccc(OC(F)F)cc1)C1C[C@H]2CC(O)C[C@H]2C1. The highest BCUT2D eigenvalue weighted by Gasteiger charge is 2.43. The Balaban J connectivity index is 1.61. The zero-order valence-corrected chi connectivity index (χ0v) is 13.0. The lowest BCUT2D eigenvalue weighted by atomic mass is 10.0. The lowest BCUT2D eigenvalue weighted by molar-refractivity contribution is -0.0498. The molecule has 0 radical (unpaired) electrons. The van der Waals surface area contributed by atoms with Gasteiger partial charge in [0.15, 0.2) is 0 Å². The maximum absolute atomic E-state index is 12.5. The normalized spacial score (nSPS) is 29.6. The van der Waals surface area contributed by atoms with E-state index in [1.165, 1.54) is 24.3 Å². The molecule has 1 aromatic rings. The molecule has 23 heavy (non-hydrogen) atoms. The molecule has 1 amide bonds. The molecule has 4 nitrogen and oxygen atoms in total. The van der Waals surface area contributed by atoms with Crippen LogP contribution in [0.25, 0.3) is 0 Å². The highest BCUT2D eigenvalue weighted by molar-refractivity contribution is 5.94. The fourth-order valence-electron chi connectivity index (χ4n) is 4.02. The second kappa shape index (κ2) is 6.43. The van der Waals surface area contributed by atoms with Gasteiger partial charge in [0, 0.05) is 18.7 Å². The monoisotopic (exact) mass is 325 g/mol. The Bertz CT molecular complexity index is 549. The summed E-state index contributed by atoms with van der Waals surface area (Å²) < 4.78 is 28.6. The van der Waals surface area contributed by atoms with Gasteiger partial charge < -0.3 is 14.7 Å². The standard InChI is InChI=1S/C17H21F2NO3/c1-20(13-6-11-8-14(21)9-12(11)7-13)16(22)10-2-4-15(5-3-10)23-17(18)19/h2-5,11-14,17,21H,6-9H2,1H3/t11-,12+,13?,14?. The molecule has 6 heteroatoms. The number of alkyl halides is 2. The Hall–Kier alpha value is -1.69. The van der Waals surface area contributed by atoms with E-state index in [-0.39, 0.29) is 23.8 Å². The molecule has 126 valence electrons. The molecule has 0 aliphatic heterocycles. The number of nitrogens with zero attached hydrogens (tertiary/aromatic N) is 1. The van der Waals surface area contributed by atoms with Crippen LogP contribution in [0.15, 0.2) is 24.3 Å². The smallest absolute Gasteiger partial charge is 0.387 e. The third-order valence-electron chi connectivity index (χ3n) is 5.16. The topological polar surface area (TPSA) is 49.8 Å². The van der Waals surface area contributed by atoms with Gasteiger partial charge in [0.25, 0.3) is 5.91 Å². The van der Waals surface area contributed by atoms with Crippen LogP contribution in [0, 0.1) is 11.8 Å². The molecule has 2 fully saturated rings. The molecule has 2 aliphatic rings. The Morgan fingerprint density at radius 1 is 1.17 bits per heavy atom. The fraction of sp³-hybridized carbons (Fsp3) is 0.588. The van der Waals surface area contributed by atoms with Crippen LogP contribution >= 0.6 is 0 Å². The van der Waals surface area contributed by atoms with Gasteiger partial charge in [-0.1, -0.05) is 0 Å². The molecule has 0 aromatic heterocycles. The molecule has 1 aromatic carbocycles. The number of hydrogen-bond donors (Lipinski definition) is 1. The average molecular weight is 325 g/mol. The Labute approximate surface area is 134 Å². The molecular weight excluding hydrogens is 304 g/mol. The van der Waals surface area contributed by atoms with Crippen LogP contribution in [0.4, 0.5) is 8.78 Å². The summed E-state index contributed by atoms with van der Waals surface area (Å²) in [6.45, 7) is -2.87. The van der Waals surface area contributed by atoms with Crippen molar-refractivity contribution in [3.05, 3.63) is 29.8 Å². The lowest BCUT2D eigenvalue weighted by Crippen LogP contribution is -2.36. The molecule has 0 bridgehead atoms. The molecular formula is C17H21F2NO3. The number of fused-ring (bicyclic) bond motifs is 1. The van der Waals surface area contributed by atoms with Crippen molar-refractivity contribution < 1.29 is 23.4 Å². The number of carbonyl (C=O) groups is 1. The molecule has 2 unspecified atom stereocenters. The first-order valence-corrected chi connectivity index (χ1v) is 7.94. The zero-order chi connectivity index (χ0) is 16.6. The number of ether oxygens (including phenoxy) is 1. The van der Waals surface area contributed by atoms with Gasteiger partial charge in [0.2, 0.25) is 0 Å². The summed E-state index contributed by atoms with van der Waals surface area (Å²) in [6.07, 6.45) is 3.34. The van der Waals surface area contributed by atoms with Gasteiger partial charge >= 0.3 is 6.61 Å². The minimum absolute atomic E-state index is 0.0450. The van der Waals surface area contributed by atoms with Crippen molar-refractivity contribution in [2.75, 3.05) is 7.05 Å². The van der Waals surface area contributed by atoms with Gasteiger partial charge in [0.05, 0.1) is 6.10 Å². The van der Waals surface area contributed by atoms with Gasteiger partial charge in [-0.3, -0.25) is 4.79 Å². The Morgan fingerprint density at radius 3 is 2.26 bits per heavy atom. The number of halogens is 2. The summed E-state index contributed by atoms with van der Waals surface area (Å²) in [5.41, 5.74) is 0.464. The quantitative estimate of drug-likeness (QED) is 0.926. The van der Waals surface area contributed by atoms with E-state index in [0.29, 0.717) is 17.4 Å². The highest BCUT2D eigenvalue weighted by atomic mass is 19.3. The maximum atomic E-state index is 12.5. The summed E-state index contributed by atoms with van der Waals surface area (Å²) in [5.74, 6) is 0.946. The first kappa shape index (κ1) is 16.2. The number of rotatable bonds is 4. The van der Waals surface area contributed by atoms with Crippen molar-refractivity contribution in [1.29, 1.82) is 0 Å². The molecule has 0 spiro atoms. The predicted octanol–water partition coefficient (Wildman–Crippen LogP) is 2.91. The van der Waals surface area contributed by atoms with Crippen LogP contribution in [0.3, 0.4) is 0 Å². The number of carbonyl (C=O) groups excluding carboxylic acids is 1. The van der Waals surface area contributed by atoms with Crippen molar-refractivity contribution in [2.45, 2.75) is 44.4 Å². The van der Waals surface area contributed by atoms with E-state index in [2.05, 4.69) is 4.74 Å². The molecule has 1 N–H and O–H groups in total. The van der Waals surface area contributed by atoms with E-state index in [1.54, 1.807) is 11.9 Å². The second-order valence-electron chi connectivity index (χ2n) is 6.59. The van der Waals surface area contributed by atoms with E-state index in [4.69, 9.17) is 0 Å². The third kappa shape index (κ3) is 3.47. The van der Waals surface area contributed by atoms with Crippen LogP contribution in [-0.4, -0.2) is 41.7 Å². The van der Waals surface area contributed by atoms with Gasteiger partial charge in [-0.2, -0.15) is 8.78 Å². The number of aliphatic hydroxyl groups excluding tert-OH is 1. The summed E-state index contributed by atoms with van der Waals surface area (Å²) in [5, 5.41) is 9.69. The first-order chi connectivity index (χ1) is 10.9. The first-order valence-electron chi connectivity index (χ1n) is 7.94. The van der Waals surface area contributed by atoms with E-state index in [9.17, 15) is 18.7 Å². The summed E-state index contributed by atoms with van der Waals surface area (Å²) in [4.78, 5) is 14.3. The van der Waals surface area contributed by atoms with Gasteiger partial charge in [-0.25, -0.2) is 0 Å². The minimum Gasteiger partial charge on any atom is -0.435 e. The van der Waals surface area contributed by atoms with Crippen LogP contribution in [-0.2, 0) is 0 Å². The molecule has 3 rings (SSSR count). The van der Waals surface area contributed by atoms with E-state index in [1.807, 2.05) is 0 Å². The van der Waals surface area contributed by atoms with E-state index < -0.39 is 6.61 Å². The molecule has 0 heterocycles. The van der Waals surface area contributed by atoms with Crippen LogP contribution in [0.5, 0.6) is 5.75 Å². The maximum Gasteiger partial charge on any atom is 0.387 e.